The lowest BCUT2D eigenvalue weighted by Crippen LogP contribution is -2.33. The molecule has 1 aliphatic rings. The first-order valence-electron chi connectivity index (χ1n) is 6.52. The molecule has 0 spiro atoms. The first-order chi connectivity index (χ1) is 9.02. The molecule has 5 heteroatoms. The summed E-state index contributed by atoms with van der Waals surface area (Å²) < 4.78 is 19.0. The van der Waals surface area contributed by atoms with Gasteiger partial charge >= 0.3 is 6.03 Å². The van der Waals surface area contributed by atoms with Gasteiger partial charge in [0.05, 0.1) is 12.6 Å². The van der Waals surface area contributed by atoms with Gasteiger partial charge in [0.1, 0.15) is 0 Å². The number of urea groups is 1. The van der Waals surface area contributed by atoms with Crippen LogP contribution in [0.2, 0.25) is 0 Å². The molecule has 1 aromatic rings. The van der Waals surface area contributed by atoms with Crippen molar-refractivity contribution in [1.29, 1.82) is 0 Å². The van der Waals surface area contributed by atoms with Crippen molar-refractivity contribution in [2.45, 2.75) is 32.9 Å². The molecule has 0 bridgehead atoms. The van der Waals surface area contributed by atoms with E-state index in [2.05, 4.69) is 5.32 Å². The molecular weight excluding hydrogens is 247 g/mol. The van der Waals surface area contributed by atoms with Gasteiger partial charge in [0, 0.05) is 12.6 Å². The van der Waals surface area contributed by atoms with Crippen LogP contribution in [0.5, 0.6) is 5.75 Å². The molecule has 1 atom stereocenters. The number of nitrogens with one attached hydrogen (secondary N) is 1. The van der Waals surface area contributed by atoms with E-state index in [0.717, 1.165) is 5.56 Å². The molecule has 1 fully saturated rings. The second-order valence-electron chi connectivity index (χ2n) is 4.87. The summed E-state index contributed by atoms with van der Waals surface area (Å²) in [5.74, 6) is -0.145. The predicted octanol–water partition coefficient (Wildman–Crippen LogP) is 2.70. The minimum atomic E-state index is -0.392. The number of rotatable bonds is 4. The highest BCUT2D eigenvalue weighted by Crippen LogP contribution is 2.26. The largest absolute Gasteiger partial charge is 0.491 e. The van der Waals surface area contributed by atoms with Gasteiger partial charge in [0.2, 0.25) is 0 Å². The van der Waals surface area contributed by atoms with Crippen LogP contribution in [0.1, 0.15) is 32.4 Å². The Morgan fingerprint density at radius 2 is 2.26 bits per heavy atom. The number of ether oxygens (including phenoxy) is 1. The van der Waals surface area contributed by atoms with E-state index >= 15 is 0 Å². The highest BCUT2D eigenvalue weighted by molar-refractivity contribution is 5.77. The van der Waals surface area contributed by atoms with Crippen molar-refractivity contribution >= 4 is 6.03 Å². The topological polar surface area (TPSA) is 41.6 Å². The Morgan fingerprint density at radius 3 is 2.79 bits per heavy atom. The standard InChI is InChI=1S/C14H19FN2O2/c1-4-19-13-6-5-10(7-11(13)15)12-8-17(9(2)3)14(18)16-12/h5-7,9,12H,4,8H2,1-3H3,(H,16,18). The fourth-order valence-corrected chi connectivity index (χ4v) is 2.20. The van der Waals surface area contributed by atoms with Gasteiger partial charge in [-0.2, -0.15) is 0 Å². The van der Waals surface area contributed by atoms with E-state index in [0.29, 0.717) is 13.2 Å². The molecule has 1 unspecified atom stereocenters. The molecule has 0 aromatic heterocycles. The molecule has 0 radical (unpaired) electrons. The first kappa shape index (κ1) is 13.6. The zero-order chi connectivity index (χ0) is 14.0. The summed E-state index contributed by atoms with van der Waals surface area (Å²) in [5.41, 5.74) is 0.762. The van der Waals surface area contributed by atoms with Gasteiger partial charge in [-0.15, -0.1) is 0 Å². The van der Waals surface area contributed by atoms with Crippen molar-refractivity contribution in [3.63, 3.8) is 0 Å². The summed E-state index contributed by atoms with van der Waals surface area (Å²) >= 11 is 0. The second-order valence-corrected chi connectivity index (χ2v) is 4.87. The highest BCUT2D eigenvalue weighted by atomic mass is 19.1. The smallest absolute Gasteiger partial charge is 0.318 e. The Hall–Kier alpha value is -1.78. The molecule has 0 saturated carbocycles. The lowest BCUT2D eigenvalue weighted by molar-refractivity contribution is 0.206. The van der Waals surface area contributed by atoms with Crippen molar-refractivity contribution < 1.29 is 13.9 Å². The molecule has 4 nitrogen and oxygen atoms in total. The normalized spacial score (nSPS) is 18.9. The van der Waals surface area contributed by atoms with Gasteiger partial charge in [0.25, 0.3) is 0 Å². The molecule has 2 amide bonds. The van der Waals surface area contributed by atoms with Crippen LogP contribution < -0.4 is 10.1 Å². The number of hydrogen-bond donors (Lipinski definition) is 1. The van der Waals surface area contributed by atoms with Crippen LogP contribution in [0.25, 0.3) is 0 Å². The molecule has 1 saturated heterocycles. The number of carbonyl (C=O) groups excluding carboxylic acids is 1. The minimum Gasteiger partial charge on any atom is -0.491 e. The van der Waals surface area contributed by atoms with E-state index < -0.39 is 5.82 Å². The Kier molecular flexibility index (Phi) is 3.93. The minimum absolute atomic E-state index is 0.103. The Labute approximate surface area is 112 Å². The second kappa shape index (κ2) is 5.47. The molecule has 19 heavy (non-hydrogen) atoms. The van der Waals surface area contributed by atoms with Crippen molar-refractivity contribution in [3.05, 3.63) is 29.6 Å². The maximum atomic E-state index is 13.8. The van der Waals surface area contributed by atoms with Crippen LogP contribution in [-0.2, 0) is 0 Å². The van der Waals surface area contributed by atoms with E-state index in [1.54, 1.807) is 17.0 Å². The van der Waals surface area contributed by atoms with Gasteiger partial charge in [-0.3, -0.25) is 0 Å². The fraction of sp³-hybridized carbons (Fsp3) is 0.500. The zero-order valence-corrected chi connectivity index (χ0v) is 11.4. The van der Waals surface area contributed by atoms with E-state index in [9.17, 15) is 9.18 Å². The Morgan fingerprint density at radius 1 is 1.53 bits per heavy atom. The summed E-state index contributed by atoms with van der Waals surface area (Å²) in [6, 6.07) is 4.70. The molecule has 1 N–H and O–H groups in total. The number of nitrogens with zero attached hydrogens (tertiary/aromatic N) is 1. The van der Waals surface area contributed by atoms with E-state index in [4.69, 9.17) is 4.74 Å². The van der Waals surface area contributed by atoms with Crippen molar-refractivity contribution in [3.8, 4) is 5.75 Å². The summed E-state index contributed by atoms with van der Waals surface area (Å²) in [7, 11) is 0. The van der Waals surface area contributed by atoms with Crippen LogP contribution in [-0.4, -0.2) is 30.1 Å². The molecule has 104 valence electrons. The summed E-state index contributed by atoms with van der Waals surface area (Å²) in [4.78, 5) is 13.5. The van der Waals surface area contributed by atoms with Crippen molar-refractivity contribution in [1.82, 2.24) is 10.2 Å². The van der Waals surface area contributed by atoms with Crippen LogP contribution >= 0.6 is 0 Å². The van der Waals surface area contributed by atoms with Gasteiger partial charge in [-0.05, 0) is 38.5 Å². The summed E-state index contributed by atoms with van der Waals surface area (Å²) in [6.07, 6.45) is 0. The number of amides is 2. The van der Waals surface area contributed by atoms with Gasteiger partial charge in [-0.1, -0.05) is 6.07 Å². The molecule has 0 aliphatic carbocycles. The quantitative estimate of drug-likeness (QED) is 0.910. The van der Waals surface area contributed by atoms with Crippen LogP contribution in [0.3, 0.4) is 0 Å². The van der Waals surface area contributed by atoms with Crippen LogP contribution in [0.4, 0.5) is 9.18 Å². The van der Waals surface area contributed by atoms with E-state index in [1.807, 2.05) is 20.8 Å². The van der Waals surface area contributed by atoms with Crippen LogP contribution in [0, 0.1) is 5.82 Å². The van der Waals surface area contributed by atoms with Gasteiger partial charge < -0.3 is 15.0 Å². The third-order valence-corrected chi connectivity index (χ3v) is 3.22. The first-order valence-corrected chi connectivity index (χ1v) is 6.52. The average Bonchev–Trinajstić information content (AvgIpc) is 2.74. The van der Waals surface area contributed by atoms with Crippen molar-refractivity contribution in [2.75, 3.05) is 13.2 Å². The van der Waals surface area contributed by atoms with Gasteiger partial charge in [0.15, 0.2) is 11.6 Å². The molecule has 1 heterocycles. The third-order valence-electron chi connectivity index (χ3n) is 3.22. The maximum Gasteiger partial charge on any atom is 0.318 e. The molecule has 2 rings (SSSR count). The van der Waals surface area contributed by atoms with E-state index in [1.165, 1.54) is 6.07 Å². The third kappa shape index (κ3) is 2.80. The lowest BCUT2D eigenvalue weighted by atomic mass is 10.1. The van der Waals surface area contributed by atoms with E-state index in [-0.39, 0.29) is 23.9 Å². The van der Waals surface area contributed by atoms with Gasteiger partial charge in [-0.25, -0.2) is 9.18 Å². The predicted molar refractivity (Wildman–Crippen MR) is 70.7 cm³/mol. The Balaban J connectivity index is 2.15. The number of benzene rings is 1. The lowest BCUT2D eigenvalue weighted by Gasteiger charge is -2.19. The summed E-state index contributed by atoms with van der Waals surface area (Å²) in [6.45, 7) is 6.72. The number of carbonyl (C=O) groups is 1. The average molecular weight is 266 g/mol. The van der Waals surface area contributed by atoms with Crippen LogP contribution in [0.15, 0.2) is 18.2 Å². The fourth-order valence-electron chi connectivity index (χ4n) is 2.20. The maximum absolute atomic E-state index is 13.8. The van der Waals surface area contributed by atoms with Crippen molar-refractivity contribution in [2.24, 2.45) is 0 Å². The Bertz CT molecular complexity index is 477. The number of halogens is 1. The summed E-state index contributed by atoms with van der Waals surface area (Å²) in [5, 5.41) is 2.86. The highest BCUT2D eigenvalue weighted by Gasteiger charge is 2.31. The monoisotopic (exact) mass is 266 g/mol. The number of hydrogen-bond acceptors (Lipinski definition) is 2. The molecule has 1 aromatic carbocycles. The molecule has 1 aliphatic heterocycles. The zero-order valence-electron chi connectivity index (χ0n) is 11.4. The SMILES string of the molecule is CCOc1ccc(C2CN(C(C)C)C(=O)N2)cc1F. The molecular formula is C14H19FN2O2.